The van der Waals surface area contributed by atoms with Crippen molar-refractivity contribution in [1.82, 2.24) is 13.7 Å². The molecule has 0 aliphatic carbocycles. The molecular formula is C60H37N3O. The van der Waals surface area contributed by atoms with E-state index in [2.05, 4.69) is 238 Å². The smallest absolute Gasteiger partial charge is 0.137 e. The van der Waals surface area contributed by atoms with Gasteiger partial charge in [-0.1, -0.05) is 133 Å². The SMILES string of the molecule is c1ccc(-c2cccc(-c3ccc4oc5cccc(-n6c7ccccc7c7cc(-n8c9ccccc9c9cc(-n%10c%11ccccc%11c%11ccccc%11%10)ccc98)ccc76)c5c4c3)c2)cc1. The predicted octanol–water partition coefficient (Wildman–Crippen LogP) is 16.2. The Morgan fingerprint density at radius 3 is 1.31 bits per heavy atom. The molecule has 0 amide bonds. The minimum atomic E-state index is 0.871. The summed E-state index contributed by atoms with van der Waals surface area (Å²) in [5.41, 5.74) is 16.9. The number of aromatic nitrogens is 3. The van der Waals surface area contributed by atoms with Crippen LogP contribution in [0.4, 0.5) is 0 Å². The Bertz CT molecular complexity index is 4140. The van der Waals surface area contributed by atoms with E-state index in [4.69, 9.17) is 4.42 Å². The molecule has 0 atom stereocenters. The monoisotopic (exact) mass is 815 g/mol. The van der Waals surface area contributed by atoms with Crippen molar-refractivity contribution < 1.29 is 4.42 Å². The lowest BCUT2D eigenvalue weighted by Crippen LogP contribution is -1.97. The van der Waals surface area contributed by atoms with Crippen molar-refractivity contribution >= 4 is 87.4 Å². The maximum Gasteiger partial charge on any atom is 0.137 e. The highest BCUT2D eigenvalue weighted by atomic mass is 16.3. The van der Waals surface area contributed by atoms with E-state index in [-0.39, 0.29) is 0 Å². The number of furan rings is 1. The fourth-order valence-corrected chi connectivity index (χ4v) is 10.6. The Balaban J connectivity index is 0.950. The van der Waals surface area contributed by atoms with Gasteiger partial charge in [0.25, 0.3) is 0 Å². The van der Waals surface area contributed by atoms with Gasteiger partial charge in [0, 0.05) is 49.1 Å². The van der Waals surface area contributed by atoms with Crippen LogP contribution < -0.4 is 0 Å². The van der Waals surface area contributed by atoms with E-state index in [0.717, 1.165) is 55.6 Å². The zero-order valence-corrected chi connectivity index (χ0v) is 34.6. The molecule has 4 aromatic heterocycles. The highest BCUT2D eigenvalue weighted by Gasteiger charge is 2.21. The molecule has 0 bridgehead atoms. The number of nitrogens with zero attached hydrogens (tertiary/aromatic N) is 3. The Hall–Kier alpha value is -8.60. The van der Waals surface area contributed by atoms with Crippen molar-refractivity contribution in [1.29, 1.82) is 0 Å². The summed E-state index contributed by atoms with van der Waals surface area (Å²) in [5, 5.41) is 9.59. The Morgan fingerprint density at radius 2 is 0.703 bits per heavy atom. The molecule has 4 nitrogen and oxygen atoms in total. The standard InChI is InChI=1S/C60H37N3O/c1-2-14-38(15-3-1)39-16-12-17-40(34-39)41-28-33-58-50(35-41)60-57(26-13-27-59(60)64-58)63-54-25-11-7-21-47(54)49-37-43(30-32-56(49)63)62-53-24-10-6-20-46(53)48-36-42(29-31-55(48)62)61-51-22-8-4-18-44(51)45-19-5-9-23-52(45)61/h1-37H. The number of hydrogen-bond donors (Lipinski definition) is 0. The van der Waals surface area contributed by atoms with Crippen LogP contribution >= 0.6 is 0 Å². The normalized spacial score (nSPS) is 12.1. The minimum Gasteiger partial charge on any atom is -0.456 e. The highest BCUT2D eigenvalue weighted by molar-refractivity contribution is 6.16. The van der Waals surface area contributed by atoms with Crippen LogP contribution in [0.1, 0.15) is 0 Å². The van der Waals surface area contributed by atoms with Crippen LogP contribution in [0, 0.1) is 0 Å². The molecule has 0 saturated carbocycles. The molecule has 14 aromatic rings. The number of para-hydroxylation sites is 4. The van der Waals surface area contributed by atoms with Crippen molar-refractivity contribution in [3.05, 3.63) is 224 Å². The molecule has 0 radical (unpaired) electrons. The summed E-state index contributed by atoms with van der Waals surface area (Å²) in [6.45, 7) is 0. The highest BCUT2D eigenvalue weighted by Crippen LogP contribution is 2.42. The largest absolute Gasteiger partial charge is 0.456 e. The van der Waals surface area contributed by atoms with E-state index in [1.54, 1.807) is 0 Å². The van der Waals surface area contributed by atoms with Crippen LogP contribution in [-0.2, 0) is 0 Å². The lowest BCUT2D eigenvalue weighted by atomic mass is 9.98. The van der Waals surface area contributed by atoms with E-state index in [1.165, 1.54) is 71.1 Å². The van der Waals surface area contributed by atoms with Crippen molar-refractivity contribution in [2.24, 2.45) is 0 Å². The average molecular weight is 816 g/mol. The van der Waals surface area contributed by atoms with Gasteiger partial charge in [0.15, 0.2) is 0 Å². The number of benzene rings is 10. The lowest BCUT2D eigenvalue weighted by molar-refractivity contribution is 0.669. The molecule has 4 heterocycles. The first-order chi connectivity index (χ1) is 31.7. The summed E-state index contributed by atoms with van der Waals surface area (Å²) in [7, 11) is 0. The Labute approximate surface area is 367 Å². The molecule has 0 aliphatic heterocycles. The van der Waals surface area contributed by atoms with Crippen LogP contribution in [0.3, 0.4) is 0 Å². The van der Waals surface area contributed by atoms with E-state index in [0.29, 0.717) is 0 Å². The second kappa shape index (κ2) is 13.4. The first-order valence-corrected chi connectivity index (χ1v) is 21.9. The maximum absolute atomic E-state index is 6.60. The topological polar surface area (TPSA) is 27.9 Å². The van der Waals surface area contributed by atoms with E-state index in [1.807, 2.05) is 0 Å². The van der Waals surface area contributed by atoms with Gasteiger partial charge in [-0.25, -0.2) is 0 Å². The summed E-state index contributed by atoms with van der Waals surface area (Å²) in [6, 6.07) is 81.4. The summed E-state index contributed by atoms with van der Waals surface area (Å²) in [6.07, 6.45) is 0. The molecule has 0 unspecified atom stereocenters. The third-order valence-electron chi connectivity index (χ3n) is 13.4. The van der Waals surface area contributed by atoms with Crippen LogP contribution in [0.5, 0.6) is 0 Å². The minimum absolute atomic E-state index is 0.871. The first-order valence-electron chi connectivity index (χ1n) is 21.9. The molecule has 0 aliphatic rings. The van der Waals surface area contributed by atoms with Crippen molar-refractivity contribution in [3.8, 4) is 39.3 Å². The van der Waals surface area contributed by atoms with Gasteiger partial charge in [0.1, 0.15) is 11.2 Å². The molecule has 0 saturated heterocycles. The van der Waals surface area contributed by atoms with Gasteiger partial charge in [-0.2, -0.15) is 0 Å². The molecule has 4 heteroatoms. The van der Waals surface area contributed by atoms with Gasteiger partial charge >= 0.3 is 0 Å². The molecule has 0 N–H and O–H groups in total. The summed E-state index contributed by atoms with van der Waals surface area (Å²) in [4.78, 5) is 0. The Morgan fingerprint density at radius 1 is 0.250 bits per heavy atom. The van der Waals surface area contributed by atoms with Crippen LogP contribution in [0.2, 0.25) is 0 Å². The van der Waals surface area contributed by atoms with Gasteiger partial charge in [-0.15, -0.1) is 0 Å². The average Bonchev–Trinajstić information content (AvgIpc) is 4.10. The van der Waals surface area contributed by atoms with Crippen LogP contribution in [-0.4, -0.2) is 13.7 Å². The Kier molecular flexibility index (Phi) is 7.36. The molecular weight excluding hydrogens is 779 g/mol. The second-order valence-corrected chi connectivity index (χ2v) is 16.9. The quantitative estimate of drug-likeness (QED) is 0.170. The molecule has 0 spiro atoms. The summed E-state index contributed by atoms with van der Waals surface area (Å²) in [5.74, 6) is 0. The summed E-state index contributed by atoms with van der Waals surface area (Å²) < 4.78 is 13.9. The third kappa shape index (κ3) is 5.05. The first kappa shape index (κ1) is 35.0. The maximum atomic E-state index is 6.60. The van der Waals surface area contributed by atoms with Gasteiger partial charge in [-0.05, 0) is 113 Å². The zero-order chi connectivity index (χ0) is 41.9. The van der Waals surface area contributed by atoms with Gasteiger partial charge < -0.3 is 18.1 Å². The molecule has 0 fully saturated rings. The van der Waals surface area contributed by atoms with Crippen LogP contribution in [0.15, 0.2) is 229 Å². The third-order valence-corrected chi connectivity index (χ3v) is 13.4. The second-order valence-electron chi connectivity index (χ2n) is 16.9. The van der Waals surface area contributed by atoms with Crippen LogP contribution in [0.25, 0.3) is 127 Å². The van der Waals surface area contributed by atoms with Gasteiger partial charge in [0.2, 0.25) is 0 Å². The van der Waals surface area contributed by atoms with Gasteiger partial charge in [-0.3, -0.25) is 0 Å². The molecule has 14 rings (SSSR count). The molecule has 298 valence electrons. The zero-order valence-electron chi connectivity index (χ0n) is 34.6. The number of hydrogen-bond acceptors (Lipinski definition) is 1. The number of fused-ring (bicyclic) bond motifs is 12. The van der Waals surface area contributed by atoms with Gasteiger partial charge in [0.05, 0.1) is 44.2 Å². The predicted molar refractivity (Wildman–Crippen MR) is 268 cm³/mol. The van der Waals surface area contributed by atoms with E-state index < -0.39 is 0 Å². The number of rotatable bonds is 5. The van der Waals surface area contributed by atoms with Crippen molar-refractivity contribution in [2.75, 3.05) is 0 Å². The molecule has 64 heavy (non-hydrogen) atoms. The molecule has 10 aromatic carbocycles. The van der Waals surface area contributed by atoms with E-state index in [9.17, 15) is 0 Å². The van der Waals surface area contributed by atoms with E-state index >= 15 is 0 Å². The van der Waals surface area contributed by atoms with Crippen molar-refractivity contribution in [3.63, 3.8) is 0 Å². The fourth-order valence-electron chi connectivity index (χ4n) is 10.6. The fraction of sp³-hybridized carbons (Fsp3) is 0. The van der Waals surface area contributed by atoms with Crippen molar-refractivity contribution in [2.45, 2.75) is 0 Å². The lowest BCUT2D eigenvalue weighted by Gasteiger charge is -2.12. The summed E-state index contributed by atoms with van der Waals surface area (Å²) >= 11 is 0.